The Balaban J connectivity index is 1.53. The van der Waals surface area contributed by atoms with E-state index >= 15 is 0 Å². The molecule has 7 nitrogen and oxygen atoms in total. The van der Waals surface area contributed by atoms with Crippen LogP contribution in [0.2, 0.25) is 0 Å². The number of ketones is 1. The molecule has 2 aliphatic heterocycles. The van der Waals surface area contributed by atoms with Crippen molar-refractivity contribution in [2.24, 2.45) is 0 Å². The van der Waals surface area contributed by atoms with Gasteiger partial charge in [0, 0.05) is 42.6 Å². The van der Waals surface area contributed by atoms with Crippen molar-refractivity contribution < 1.29 is 9.59 Å². The highest BCUT2D eigenvalue weighted by Crippen LogP contribution is 2.45. The largest absolute Gasteiger partial charge is 0.354 e. The first kappa shape index (κ1) is 16.7. The average Bonchev–Trinajstić information content (AvgIpc) is 3.08. The maximum atomic E-state index is 12.6. The van der Waals surface area contributed by atoms with Crippen molar-refractivity contribution in [3.63, 3.8) is 0 Å². The van der Waals surface area contributed by atoms with Gasteiger partial charge in [0.25, 0.3) is 0 Å². The van der Waals surface area contributed by atoms with Crippen LogP contribution in [0.3, 0.4) is 0 Å². The van der Waals surface area contributed by atoms with Gasteiger partial charge in [0.1, 0.15) is 5.65 Å². The number of carbonyl (C=O) groups is 2. The Morgan fingerprint density at radius 3 is 2.78 bits per heavy atom. The lowest BCUT2D eigenvalue weighted by Gasteiger charge is -2.42. The van der Waals surface area contributed by atoms with Crippen LogP contribution in [-0.2, 0) is 10.3 Å². The second-order valence-corrected chi connectivity index (χ2v) is 8.23. The Morgan fingerprint density at radius 1 is 1.15 bits per heavy atom. The smallest absolute Gasteiger partial charge is 0.224 e. The highest BCUT2D eigenvalue weighted by molar-refractivity contribution is 6.00. The molecule has 1 saturated heterocycles. The molecule has 4 heterocycles. The van der Waals surface area contributed by atoms with E-state index in [1.807, 2.05) is 12.3 Å². The molecule has 1 atom stereocenters. The maximum absolute atomic E-state index is 12.6. The van der Waals surface area contributed by atoms with Gasteiger partial charge in [0.2, 0.25) is 11.9 Å². The number of anilines is 1. The number of piperidine rings is 1. The minimum atomic E-state index is 0.0354. The Bertz CT molecular complexity index is 902. The average molecular weight is 367 g/mol. The number of Topliss-reactive ketones (excluding diaryl/α,β-unsaturated/α-hetero) is 1. The van der Waals surface area contributed by atoms with E-state index in [0.717, 1.165) is 42.4 Å². The summed E-state index contributed by atoms with van der Waals surface area (Å²) in [7, 11) is 0. The third-order valence-corrected chi connectivity index (χ3v) is 6.50. The predicted molar refractivity (Wildman–Crippen MR) is 102 cm³/mol. The summed E-state index contributed by atoms with van der Waals surface area (Å²) in [6.45, 7) is 0.592. The van der Waals surface area contributed by atoms with E-state index < -0.39 is 0 Å². The molecule has 0 radical (unpaired) electrons. The van der Waals surface area contributed by atoms with Crippen LogP contribution in [0.4, 0.5) is 5.95 Å². The van der Waals surface area contributed by atoms with Crippen LogP contribution in [0.25, 0.3) is 11.0 Å². The van der Waals surface area contributed by atoms with E-state index in [1.165, 1.54) is 19.3 Å². The minimum absolute atomic E-state index is 0.0354. The van der Waals surface area contributed by atoms with Crippen LogP contribution in [0, 0.1) is 0 Å². The Hall–Kier alpha value is -2.44. The summed E-state index contributed by atoms with van der Waals surface area (Å²) in [6, 6.07) is 2.11. The second kappa shape index (κ2) is 6.32. The lowest BCUT2D eigenvalue weighted by Crippen LogP contribution is -2.42. The van der Waals surface area contributed by atoms with E-state index in [0.29, 0.717) is 25.3 Å². The molecule has 1 saturated carbocycles. The third kappa shape index (κ3) is 2.80. The summed E-state index contributed by atoms with van der Waals surface area (Å²) >= 11 is 0. The molecule has 142 valence electrons. The summed E-state index contributed by atoms with van der Waals surface area (Å²) in [5.41, 5.74) is 1.71. The monoisotopic (exact) mass is 367 g/mol. The van der Waals surface area contributed by atoms with Gasteiger partial charge in [-0.2, -0.15) is 4.98 Å². The van der Waals surface area contributed by atoms with Gasteiger partial charge >= 0.3 is 0 Å². The first-order valence-corrected chi connectivity index (χ1v) is 10.1. The molecule has 7 heteroatoms. The van der Waals surface area contributed by atoms with Gasteiger partial charge < -0.3 is 15.2 Å². The van der Waals surface area contributed by atoms with Gasteiger partial charge in [-0.1, -0.05) is 19.3 Å². The van der Waals surface area contributed by atoms with Gasteiger partial charge in [0.05, 0.1) is 5.69 Å². The molecule has 1 unspecified atom stereocenters. The molecule has 2 aromatic rings. The van der Waals surface area contributed by atoms with Crippen LogP contribution in [-0.4, -0.2) is 38.8 Å². The van der Waals surface area contributed by atoms with Gasteiger partial charge in [0.15, 0.2) is 5.78 Å². The number of fused-ring (bicyclic) bond motifs is 4. The highest BCUT2D eigenvalue weighted by Gasteiger charge is 2.41. The number of rotatable bonds is 2. The summed E-state index contributed by atoms with van der Waals surface area (Å²) in [5, 5.41) is 7.18. The van der Waals surface area contributed by atoms with E-state index in [1.54, 1.807) is 0 Å². The minimum Gasteiger partial charge on any atom is -0.354 e. The van der Waals surface area contributed by atoms with Crippen molar-refractivity contribution in [3.8, 4) is 0 Å². The number of amides is 1. The van der Waals surface area contributed by atoms with Crippen molar-refractivity contribution >= 4 is 28.7 Å². The number of hydrogen-bond donors (Lipinski definition) is 2. The van der Waals surface area contributed by atoms with E-state index in [9.17, 15) is 9.59 Å². The molecule has 1 amide bonds. The van der Waals surface area contributed by atoms with Crippen LogP contribution in [0.15, 0.2) is 12.3 Å². The quantitative estimate of drug-likeness (QED) is 0.852. The fraction of sp³-hybridized carbons (Fsp3) is 0.600. The van der Waals surface area contributed by atoms with Crippen LogP contribution < -0.4 is 10.6 Å². The second-order valence-electron chi connectivity index (χ2n) is 8.23. The molecule has 0 aromatic carbocycles. The van der Waals surface area contributed by atoms with E-state index in [-0.39, 0.29) is 23.3 Å². The molecular formula is C20H25N5O2. The molecule has 3 aliphatic rings. The fourth-order valence-corrected chi connectivity index (χ4v) is 5.05. The molecule has 2 fully saturated rings. The SMILES string of the molecule is O=C1CCC(Nc2ncc3cc4n(c3n2)C2(CCCCC2)CCC4=O)CN1. The Kier molecular flexibility index (Phi) is 3.91. The molecule has 1 spiro atoms. The zero-order chi connectivity index (χ0) is 18.4. The fourth-order valence-electron chi connectivity index (χ4n) is 5.05. The third-order valence-electron chi connectivity index (χ3n) is 6.50. The van der Waals surface area contributed by atoms with Gasteiger partial charge in [-0.3, -0.25) is 9.59 Å². The number of nitrogens with zero attached hydrogens (tertiary/aromatic N) is 3. The van der Waals surface area contributed by atoms with E-state index in [2.05, 4.69) is 20.2 Å². The molecule has 0 bridgehead atoms. The topological polar surface area (TPSA) is 88.9 Å². The summed E-state index contributed by atoms with van der Waals surface area (Å²) in [5.74, 6) is 0.894. The van der Waals surface area contributed by atoms with Crippen molar-refractivity contribution in [1.82, 2.24) is 19.9 Å². The number of nitrogens with one attached hydrogen (secondary N) is 2. The van der Waals surface area contributed by atoms with Crippen molar-refractivity contribution in [2.45, 2.75) is 69.4 Å². The summed E-state index contributed by atoms with van der Waals surface area (Å²) in [4.78, 5) is 33.2. The Morgan fingerprint density at radius 2 is 2.00 bits per heavy atom. The van der Waals surface area contributed by atoms with Crippen LogP contribution in [0.1, 0.15) is 68.3 Å². The molecular weight excluding hydrogens is 342 g/mol. The predicted octanol–water partition coefficient (Wildman–Crippen LogP) is 2.76. The molecule has 27 heavy (non-hydrogen) atoms. The molecule has 2 aromatic heterocycles. The molecule has 2 N–H and O–H groups in total. The van der Waals surface area contributed by atoms with Gasteiger partial charge in [-0.25, -0.2) is 4.98 Å². The first-order chi connectivity index (χ1) is 13.1. The summed E-state index contributed by atoms with van der Waals surface area (Å²) in [6.07, 6.45) is 10.6. The van der Waals surface area contributed by atoms with Crippen molar-refractivity contribution in [3.05, 3.63) is 18.0 Å². The number of aromatic nitrogens is 3. The van der Waals surface area contributed by atoms with Crippen LogP contribution in [0.5, 0.6) is 0 Å². The first-order valence-electron chi connectivity index (χ1n) is 10.1. The molecule has 5 rings (SSSR count). The normalized spacial score (nSPS) is 24.7. The maximum Gasteiger partial charge on any atom is 0.224 e. The summed E-state index contributed by atoms with van der Waals surface area (Å²) < 4.78 is 2.24. The standard InChI is InChI=1S/C20H25N5O2/c26-16-6-9-20(7-2-1-3-8-20)25-15(16)10-13-11-22-19(24-18(13)25)23-14-4-5-17(27)21-12-14/h10-11,14H,1-9,12H2,(H,21,27)(H,22,23,24). The lowest BCUT2D eigenvalue weighted by atomic mass is 9.75. The highest BCUT2D eigenvalue weighted by atomic mass is 16.1. The number of carbonyl (C=O) groups excluding carboxylic acids is 2. The van der Waals surface area contributed by atoms with Crippen LogP contribution >= 0.6 is 0 Å². The Labute approximate surface area is 157 Å². The van der Waals surface area contributed by atoms with Crippen molar-refractivity contribution in [1.29, 1.82) is 0 Å². The van der Waals surface area contributed by atoms with Gasteiger partial charge in [-0.05, 0) is 31.7 Å². The zero-order valence-corrected chi connectivity index (χ0v) is 15.5. The van der Waals surface area contributed by atoms with Gasteiger partial charge in [-0.15, -0.1) is 0 Å². The zero-order valence-electron chi connectivity index (χ0n) is 15.5. The molecule has 1 aliphatic carbocycles. The lowest BCUT2D eigenvalue weighted by molar-refractivity contribution is -0.122. The number of hydrogen-bond acceptors (Lipinski definition) is 5. The van der Waals surface area contributed by atoms with Crippen molar-refractivity contribution in [2.75, 3.05) is 11.9 Å². The van der Waals surface area contributed by atoms with E-state index in [4.69, 9.17) is 4.98 Å².